The van der Waals surface area contributed by atoms with Crippen LogP contribution in [0.15, 0.2) is 30.3 Å². The summed E-state index contributed by atoms with van der Waals surface area (Å²) in [4.78, 5) is 47.8. The molecule has 3 atom stereocenters. The second kappa shape index (κ2) is 10.9. The lowest BCUT2D eigenvalue weighted by atomic mass is 10.0. The van der Waals surface area contributed by atoms with Crippen LogP contribution in [0.25, 0.3) is 0 Å². The highest BCUT2D eigenvalue weighted by Gasteiger charge is 2.30. The number of hydrogen-bond acceptors (Lipinski definition) is 6. The summed E-state index contributed by atoms with van der Waals surface area (Å²) in [6, 6.07) is 7.26. The van der Waals surface area contributed by atoms with E-state index in [0.29, 0.717) is 0 Å². The van der Waals surface area contributed by atoms with Gasteiger partial charge in [0.25, 0.3) is 0 Å². The molecule has 1 aromatic rings. The van der Waals surface area contributed by atoms with E-state index in [0.717, 1.165) is 5.56 Å². The van der Waals surface area contributed by atoms with Crippen molar-refractivity contribution in [1.29, 1.82) is 0 Å². The van der Waals surface area contributed by atoms with E-state index < -0.39 is 35.8 Å². The fourth-order valence-electron chi connectivity index (χ4n) is 2.58. The van der Waals surface area contributed by atoms with E-state index in [2.05, 4.69) is 15.4 Å². The second-order valence-corrected chi connectivity index (χ2v) is 6.19. The first kappa shape index (κ1) is 22.1. The van der Waals surface area contributed by atoms with Gasteiger partial charge in [0.1, 0.15) is 12.1 Å². The largest absolute Gasteiger partial charge is 0.469 e. The van der Waals surface area contributed by atoms with Crippen molar-refractivity contribution in [3.8, 4) is 0 Å². The van der Waals surface area contributed by atoms with Gasteiger partial charge in [-0.1, -0.05) is 37.3 Å². The molecule has 0 radical (unpaired) electrons. The molecule has 0 unspecified atom stereocenters. The number of ether oxygens (including phenoxy) is 2. The molecular weight excluding hydrogens is 352 g/mol. The molecule has 0 aliphatic carbocycles. The molecule has 2 amide bonds. The molecule has 0 aliphatic heterocycles. The molecule has 8 heteroatoms. The van der Waals surface area contributed by atoms with E-state index in [1.54, 1.807) is 6.92 Å². The first-order valence-electron chi connectivity index (χ1n) is 8.55. The molecule has 1 aromatic carbocycles. The summed E-state index contributed by atoms with van der Waals surface area (Å²) < 4.78 is 9.36. The smallest absolute Gasteiger partial charge is 0.328 e. The van der Waals surface area contributed by atoms with Crippen LogP contribution in [-0.4, -0.2) is 50.1 Å². The van der Waals surface area contributed by atoms with Gasteiger partial charge in [-0.2, -0.15) is 0 Å². The van der Waals surface area contributed by atoms with Crippen molar-refractivity contribution < 1.29 is 28.7 Å². The molecule has 27 heavy (non-hydrogen) atoms. The van der Waals surface area contributed by atoms with Crippen LogP contribution < -0.4 is 10.6 Å². The molecule has 0 spiro atoms. The van der Waals surface area contributed by atoms with Gasteiger partial charge in [0.2, 0.25) is 11.8 Å². The van der Waals surface area contributed by atoms with Crippen molar-refractivity contribution in [1.82, 2.24) is 10.6 Å². The van der Waals surface area contributed by atoms with Crippen LogP contribution in [-0.2, 0) is 35.1 Å². The highest BCUT2D eigenvalue weighted by Crippen LogP contribution is 2.11. The van der Waals surface area contributed by atoms with E-state index in [-0.39, 0.29) is 18.7 Å². The lowest BCUT2D eigenvalue weighted by molar-refractivity contribution is -0.149. The van der Waals surface area contributed by atoms with Gasteiger partial charge in [-0.25, -0.2) is 4.79 Å². The minimum absolute atomic E-state index is 0.0171. The number of esters is 2. The maximum atomic E-state index is 12.7. The Morgan fingerprint density at radius 3 is 2.04 bits per heavy atom. The zero-order valence-corrected chi connectivity index (χ0v) is 16.0. The van der Waals surface area contributed by atoms with Gasteiger partial charge in [-0.3, -0.25) is 14.4 Å². The maximum Gasteiger partial charge on any atom is 0.328 e. The molecule has 0 saturated heterocycles. The number of methoxy groups -OCH3 is 2. The van der Waals surface area contributed by atoms with Gasteiger partial charge in [-0.05, 0) is 12.0 Å². The number of benzene rings is 1. The third kappa shape index (κ3) is 7.47. The molecule has 0 heterocycles. The van der Waals surface area contributed by atoms with Crippen LogP contribution in [0.1, 0.15) is 25.8 Å². The summed E-state index contributed by atoms with van der Waals surface area (Å²) in [5.41, 5.74) is 0.851. The lowest BCUT2D eigenvalue weighted by Gasteiger charge is -2.23. The molecule has 0 saturated carbocycles. The summed E-state index contributed by atoms with van der Waals surface area (Å²) in [5, 5.41) is 5.15. The van der Waals surface area contributed by atoms with Gasteiger partial charge >= 0.3 is 11.9 Å². The Kier molecular flexibility index (Phi) is 8.98. The maximum absolute atomic E-state index is 12.7. The van der Waals surface area contributed by atoms with Crippen LogP contribution >= 0.6 is 0 Å². The number of rotatable bonds is 9. The topological polar surface area (TPSA) is 111 Å². The molecule has 0 bridgehead atoms. The third-order valence-corrected chi connectivity index (χ3v) is 3.97. The quantitative estimate of drug-likeness (QED) is 0.609. The minimum atomic E-state index is -1.04. The summed E-state index contributed by atoms with van der Waals surface area (Å²) in [6.45, 7) is 2.89. The van der Waals surface area contributed by atoms with Gasteiger partial charge in [0, 0.05) is 13.3 Å². The Morgan fingerprint density at radius 2 is 1.52 bits per heavy atom. The standard InChI is InChI=1S/C19H26N2O6/c1-12(18(24)26-3)10-16(19(25)27-4)21-17(23)15(20-13(2)22)11-14-8-6-5-7-9-14/h5-9,12,15-16H,10-11H2,1-4H3,(H,20,22)(H,21,23)/t12-,15-,16-/m0/s1. The van der Waals surface area contributed by atoms with Crippen molar-refractivity contribution in [2.75, 3.05) is 14.2 Å². The van der Waals surface area contributed by atoms with Gasteiger partial charge in [0.05, 0.1) is 20.1 Å². The molecule has 0 fully saturated rings. The van der Waals surface area contributed by atoms with Crippen molar-refractivity contribution in [2.45, 2.75) is 38.8 Å². The fourth-order valence-corrected chi connectivity index (χ4v) is 2.58. The van der Waals surface area contributed by atoms with Gasteiger partial charge in [-0.15, -0.1) is 0 Å². The third-order valence-electron chi connectivity index (χ3n) is 3.97. The van der Waals surface area contributed by atoms with E-state index in [1.165, 1.54) is 21.1 Å². The van der Waals surface area contributed by atoms with Crippen molar-refractivity contribution in [3.63, 3.8) is 0 Å². The van der Waals surface area contributed by atoms with Gasteiger partial charge < -0.3 is 20.1 Å². The minimum Gasteiger partial charge on any atom is -0.469 e. The van der Waals surface area contributed by atoms with Gasteiger partial charge in [0.15, 0.2) is 0 Å². The normalized spacial score (nSPS) is 13.6. The Hall–Kier alpha value is -2.90. The average molecular weight is 378 g/mol. The summed E-state index contributed by atoms with van der Waals surface area (Å²) in [5.74, 6) is -2.71. The van der Waals surface area contributed by atoms with Crippen molar-refractivity contribution in [3.05, 3.63) is 35.9 Å². The summed E-state index contributed by atoms with van der Waals surface area (Å²) in [6.07, 6.45) is 0.274. The predicted molar refractivity (Wildman–Crippen MR) is 97.5 cm³/mol. The van der Waals surface area contributed by atoms with E-state index in [9.17, 15) is 19.2 Å². The molecular formula is C19H26N2O6. The molecule has 1 rings (SSSR count). The van der Waals surface area contributed by atoms with E-state index in [1.807, 2.05) is 30.3 Å². The van der Waals surface area contributed by atoms with Crippen LogP contribution in [0.5, 0.6) is 0 Å². The molecule has 0 aliphatic rings. The molecule has 0 aromatic heterocycles. The average Bonchev–Trinajstić information content (AvgIpc) is 2.65. The SMILES string of the molecule is COC(=O)[C@H](C[C@H](C)C(=O)OC)NC(=O)[C@H](Cc1ccccc1)NC(C)=O. The zero-order chi connectivity index (χ0) is 20.4. The number of nitrogens with one attached hydrogen (secondary N) is 2. The monoisotopic (exact) mass is 378 g/mol. The van der Waals surface area contributed by atoms with E-state index >= 15 is 0 Å². The highest BCUT2D eigenvalue weighted by molar-refractivity contribution is 5.90. The number of carbonyl (C=O) groups excluding carboxylic acids is 4. The Bertz CT molecular complexity index is 661. The first-order valence-corrected chi connectivity index (χ1v) is 8.55. The molecule has 8 nitrogen and oxygen atoms in total. The Labute approximate surface area is 158 Å². The Balaban J connectivity index is 2.91. The van der Waals surface area contributed by atoms with Crippen molar-refractivity contribution in [2.24, 2.45) is 5.92 Å². The van der Waals surface area contributed by atoms with Crippen LogP contribution in [0, 0.1) is 5.92 Å². The van der Waals surface area contributed by atoms with Crippen LogP contribution in [0.2, 0.25) is 0 Å². The predicted octanol–water partition coefficient (Wildman–Crippen LogP) is 0.591. The number of hydrogen-bond donors (Lipinski definition) is 2. The van der Waals surface area contributed by atoms with E-state index in [4.69, 9.17) is 4.74 Å². The lowest BCUT2D eigenvalue weighted by Crippen LogP contribution is -2.53. The highest BCUT2D eigenvalue weighted by atomic mass is 16.5. The van der Waals surface area contributed by atoms with Crippen LogP contribution in [0.4, 0.5) is 0 Å². The van der Waals surface area contributed by atoms with Crippen LogP contribution in [0.3, 0.4) is 0 Å². The molecule has 2 N–H and O–H groups in total. The Morgan fingerprint density at radius 1 is 0.926 bits per heavy atom. The fraction of sp³-hybridized carbons (Fsp3) is 0.474. The summed E-state index contributed by atoms with van der Waals surface area (Å²) in [7, 11) is 2.44. The molecule has 148 valence electrons. The summed E-state index contributed by atoms with van der Waals surface area (Å²) >= 11 is 0. The number of carbonyl (C=O) groups is 4. The second-order valence-electron chi connectivity index (χ2n) is 6.19. The van der Waals surface area contributed by atoms with Crippen molar-refractivity contribution >= 4 is 23.8 Å². The first-order chi connectivity index (χ1) is 12.8. The zero-order valence-electron chi connectivity index (χ0n) is 16.0. The number of amides is 2.